The van der Waals surface area contributed by atoms with Gasteiger partial charge in [0.05, 0.1) is 67.3 Å². The van der Waals surface area contributed by atoms with Crippen LogP contribution in [0.1, 0.15) is 79.4 Å². The summed E-state index contributed by atoms with van der Waals surface area (Å²) in [7, 11) is -0.459. The van der Waals surface area contributed by atoms with Crippen molar-refractivity contribution >= 4 is 90.1 Å². The molecule has 23 nitrogen and oxygen atoms in total. The van der Waals surface area contributed by atoms with Crippen LogP contribution >= 0.6 is 46.4 Å². The van der Waals surface area contributed by atoms with E-state index in [1.807, 2.05) is 21.9 Å². The maximum Gasteiger partial charge on any atom is 0.319 e. The van der Waals surface area contributed by atoms with E-state index in [2.05, 4.69) is 25.2 Å². The van der Waals surface area contributed by atoms with Gasteiger partial charge in [0.2, 0.25) is 10.0 Å². The number of urea groups is 3. The zero-order chi connectivity index (χ0) is 67.4. The van der Waals surface area contributed by atoms with Gasteiger partial charge in [0.1, 0.15) is 29.5 Å². The molecule has 4 atom stereocenters. The molecule has 4 aromatic rings. The Morgan fingerprint density at radius 3 is 1.43 bits per heavy atom. The molecule has 0 saturated carbocycles. The first-order valence-electron chi connectivity index (χ1n) is 32.0. The van der Waals surface area contributed by atoms with Crippen molar-refractivity contribution in [2.75, 3.05) is 159 Å². The minimum Gasteiger partial charge on any atom is -0.484 e. The minimum absolute atomic E-state index is 0.0219. The van der Waals surface area contributed by atoms with Gasteiger partial charge in [-0.2, -0.15) is 0 Å². The van der Waals surface area contributed by atoms with Crippen LogP contribution in [0.25, 0.3) is 0 Å². The summed E-state index contributed by atoms with van der Waals surface area (Å²) in [6.07, 6.45) is 4.41. The molecule has 4 aromatic carbocycles. The second-order valence-corrected chi connectivity index (χ2v) is 29.6. The molecule has 2 saturated heterocycles. The Labute approximate surface area is 573 Å². The molecule has 6 amide bonds. The van der Waals surface area contributed by atoms with Crippen LogP contribution in [0.15, 0.2) is 82.6 Å². The highest BCUT2D eigenvalue weighted by atomic mass is 35.5. The Kier molecular flexibility index (Phi) is 28.8. The predicted octanol–water partition coefficient (Wildman–Crippen LogP) is 8.41. The summed E-state index contributed by atoms with van der Waals surface area (Å²) in [4.78, 5) is 61.5. The molecule has 0 spiro atoms. The Morgan fingerprint density at radius 1 is 0.500 bits per heavy atom. The molecule has 2 heterocycles. The van der Waals surface area contributed by atoms with Crippen LogP contribution in [0.5, 0.6) is 11.5 Å². The summed E-state index contributed by atoms with van der Waals surface area (Å²) >= 11 is 26.2. The number of nitrogens with zero attached hydrogens (tertiary/aromatic N) is 6. The molecule has 2 aliphatic heterocycles. The van der Waals surface area contributed by atoms with E-state index in [0.29, 0.717) is 149 Å². The number of fused-ring (bicyclic) bond motifs is 2. The SMILES string of the molecule is CN(C)C(=O)N1CCN([C@H]2Cc3c(Cl)cc(Cl)cc3[C@@H]2Oc2ccc(S(=O)(=O)CCCOCCOCCNC(=O)NCCCCCC(=O)CCCOCCOCCNS(=O)(=O)c3ccc(O[C@H]4c5cc(Cl)cc(Cl)c5C[C@@H]4N4CCN(C(=O)N(C)C)CC4)cc3)cc2)CC1. The number of rotatable bonds is 35. The minimum atomic E-state index is -3.84. The lowest BCUT2D eigenvalue weighted by molar-refractivity contribution is -0.119. The van der Waals surface area contributed by atoms with E-state index in [9.17, 15) is 36.0 Å². The van der Waals surface area contributed by atoms with Crippen LogP contribution in [0.3, 0.4) is 0 Å². The molecule has 2 fully saturated rings. The largest absolute Gasteiger partial charge is 0.484 e. The second kappa shape index (κ2) is 36.4. The summed E-state index contributed by atoms with van der Waals surface area (Å²) in [5.74, 6) is 1.05. The normalized spacial score (nSPS) is 18.4. The van der Waals surface area contributed by atoms with E-state index in [4.69, 9.17) is 74.8 Å². The first-order valence-corrected chi connectivity index (χ1v) is 36.7. The topological polar surface area (TPSA) is 247 Å². The number of sulfone groups is 1. The van der Waals surface area contributed by atoms with Crippen molar-refractivity contribution in [1.29, 1.82) is 0 Å². The molecule has 94 heavy (non-hydrogen) atoms. The van der Waals surface area contributed by atoms with Crippen LogP contribution in [0.4, 0.5) is 14.4 Å². The molecule has 0 radical (unpaired) electrons. The highest BCUT2D eigenvalue weighted by Gasteiger charge is 2.43. The summed E-state index contributed by atoms with van der Waals surface area (Å²) in [6, 6.07) is 19.4. The molecule has 518 valence electrons. The molecule has 0 unspecified atom stereocenters. The van der Waals surface area contributed by atoms with Gasteiger partial charge >= 0.3 is 18.1 Å². The Morgan fingerprint density at radius 2 is 0.936 bits per heavy atom. The van der Waals surface area contributed by atoms with E-state index in [-0.39, 0.29) is 97.7 Å². The summed E-state index contributed by atoms with van der Waals surface area (Å²) in [6.45, 7) is 7.93. The Hall–Kier alpha value is -5.26. The number of hydrogen-bond acceptors (Lipinski definition) is 16. The number of ether oxygens (including phenoxy) is 6. The average molecular weight is 1430 g/mol. The molecular formula is C65H89Cl4N9O14S2. The van der Waals surface area contributed by atoms with Crippen molar-refractivity contribution in [1.82, 2.24) is 44.8 Å². The number of carbonyl (C=O) groups excluding carboxylic acids is 4. The first-order chi connectivity index (χ1) is 45.1. The van der Waals surface area contributed by atoms with Crippen molar-refractivity contribution < 1.29 is 64.4 Å². The third-order valence-electron chi connectivity index (χ3n) is 16.9. The Bertz CT molecular complexity index is 3160. The van der Waals surface area contributed by atoms with Gasteiger partial charge in [0, 0.05) is 157 Å². The van der Waals surface area contributed by atoms with Gasteiger partial charge in [-0.25, -0.2) is 35.9 Å². The number of carbonyl (C=O) groups is 4. The zero-order valence-corrected chi connectivity index (χ0v) is 58.6. The molecule has 0 aromatic heterocycles. The van der Waals surface area contributed by atoms with Gasteiger partial charge in [-0.3, -0.25) is 14.6 Å². The number of sulfonamides is 1. The van der Waals surface area contributed by atoms with Gasteiger partial charge in [0.25, 0.3) is 0 Å². The van der Waals surface area contributed by atoms with Gasteiger partial charge in [0.15, 0.2) is 9.84 Å². The average Bonchev–Trinajstić information content (AvgIpc) is 1.62. The molecule has 0 bridgehead atoms. The standard InChI is InChI=1S/C65H89Cl4N9O14S2/c1-73(2)64(81)77-27-23-75(24-28-77)59-44-53-55(40-46(66)42-57(53)68)61(59)91-49-12-16-51(17-13-49)93(83,84)39-9-32-88-36-37-89-33-21-71-63(80)70-20-7-5-6-10-48(79)11-8-31-87-35-38-90-34-22-72-94(85,86)52-18-14-50(15-19-52)92-62-56-41-47(67)43-58(69)54(56)45-60(62)76-25-29-78(30-26-76)65(82)74(3)4/h12-19,40-43,59-62,72H,5-11,20-39,44-45H2,1-4H3,(H2,70,71,80)/t59-,60-,61-,62-/m0/s1. The van der Waals surface area contributed by atoms with Crippen molar-refractivity contribution in [2.45, 2.75) is 91.9 Å². The lowest BCUT2D eigenvalue weighted by atomic mass is 10.1. The van der Waals surface area contributed by atoms with E-state index in [1.165, 1.54) is 12.1 Å². The molecule has 3 N–H and O–H groups in total. The highest BCUT2D eigenvalue weighted by molar-refractivity contribution is 7.91. The lowest BCUT2D eigenvalue weighted by Crippen LogP contribution is -2.55. The van der Waals surface area contributed by atoms with Crippen LogP contribution in [0.2, 0.25) is 20.1 Å². The number of nitrogens with one attached hydrogen (secondary N) is 3. The van der Waals surface area contributed by atoms with Crippen molar-refractivity contribution in [3.8, 4) is 11.5 Å². The number of halogens is 4. The first kappa shape index (κ1) is 74.5. The molecular weight excluding hydrogens is 1340 g/mol. The van der Waals surface area contributed by atoms with Crippen LogP contribution < -0.4 is 24.8 Å². The number of unbranched alkanes of at least 4 members (excludes halogenated alkanes) is 2. The fraction of sp³-hybridized carbons (Fsp3) is 0.569. The number of piperazine rings is 2. The summed E-state index contributed by atoms with van der Waals surface area (Å²) in [5.41, 5.74) is 3.70. The number of Topliss-reactive ketones (excluding diaryl/α,β-unsaturated/α-hetero) is 1. The third-order valence-corrected chi connectivity index (χ3v) is 21.3. The number of benzene rings is 4. The molecule has 4 aliphatic rings. The third kappa shape index (κ3) is 21.6. The monoisotopic (exact) mass is 1420 g/mol. The van der Waals surface area contributed by atoms with Crippen LogP contribution in [-0.4, -0.2) is 241 Å². The van der Waals surface area contributed by atoms with E-state index >= 15 is 0 Å². The maximum atomic E-state index is 13.2. The van der Waals surface area contributed by atoms with Gasteiger partial charge in [-0.1, -0.05) is 52.8 Å². The maximum absolute atomic E-state index is 13.2. The van der Waals surface area contributed by atoms with Gasteiger partial charge in [-0.15, -0.1) is 0 Å². The number of amides is 6. The fourth-order valence-corrected chi connectivity index (χ4v) is 15.5. The smallest absolute Gasteiger partial charge is 0.319 e. The second-order valence-electron chi connectivity index (χ2n) is 24.0. The van der Waals surface area contributed by atoms with Crippen molar-refractivity contribution in [2.24, 2.45) is 0 Å². The van der Waals surface area contributed by atoms with E-state index in [0.717, 1.165) is 41.5 Å². The summed E-state index contributed by atoms with van der Waals surface area (Å²) in [5, 5.41) is 7.69. The highest BCUT2D eigenvalue weighted by Crippen LogP contribution is 2.45. The lowest BCUT2D eigenvalue weighted by Gasteiger charge is -2.40. The Balaban J connectivity index is 0.591. The fourth-order valence-electron chi connectivity index (χ4n) is 12.0. The van der Waals surface area contributed by atoms with Gasteiger partial charge < -0.3 is 58.7 Å². The van der Waals surface area contributed by atoms with Crippen molar-refractivity contribution in [3.05, 3.63) is 115 Å². The molecule has 29 heteroatoms. The van der Waals surface area contributed by atoms with Gasteiger partial charge in [-0.05, 0) is 122 Å². The zero-order valence-electron chi connectivity index (χ0n) is 54.0. The van der Waals surface area contributed by atoms with Crippen molar-refractivity contribution in [3.63, 3.8) is 0 Å². The number of ketones is 1. The quantitative estimate of drug-likeness (QED) is 0.0366. The van der Waals surface area contributed by atoms with E-state index < -0.39 is 32.1 Å². The van der Waals surface area contributed by atoms with E-state index in [1.54, 1.807) is 86.5 Å². The predicted molar refractivity (Wildman–Crippen MR) is 361 cm³/mol. The van der Waals surface area contributed by atoms with Crippen LogP contribution in [0, 0.1) is 0 Å². The number of hydrogen-bond donors (Lipinski definition) is 3. The molecule has 2 aliphatic carbocycles. The summed E-state index contributed by atoms with van der Waals surface area (Å²) < 4.78 is 90.8. The molecule has 8 rings (SSSR count). The van der Waals surface area contributed by atoms with Crippen LogP contribution in [-0.2, 0) is 56.4 Å².